The van der Waals surface area contributed by atoms with Gasteiger partial charge in [-0.05, 0) is 105 Å². The molecule has 34 heavy (non-hydrogen) atoms. The lowest BCUT2D eigenvalue weighted by molar-refractivity contribution is -0.193. The van der Waals surface area contributed by atoms with Gasteiger partial charge in [-0.25, -0.2) is 0 Å². The quantitative estimate of drug-likeness (QED) is 0.310. The summed E-state index contributed by atoms with van der Waals surface area (Å²) >= 11 is 0. The van der Waals surface area contributed by atoms with E-state index in [4.69, 9.17) is 9.16 Å². The van der Waals surface area contributed by atoms with Gasteiger partial charge in [0.25, 0.3) is 0 Å². The Bertz CT molecular complexity index is 815. The van der Waals surface area contributed by atoms with Crippen LogP contribution in [0.5, 0.6) is 0 Å². The summed E-state index contributed by atoms with van der Waals surface area (Å²) in [5.74, 6) is 2.38. The Balaban J connectivity index is 1.61. The zero-order valence-electron chi connectivity index (χ0n) is 23.3. The maximum absolute atomic E-state index is 12.5. The van der Waals surface area contributed by atoms with Gasteiger partial charge in [0.15, 0.2) is 8.32 Å². The molecule has 0 heterocycles. The molecule has 0 aliphatic heterocycles. The lowest BCUT2D eigenvalue weighted by Crippen LogP contribution is -2.60. The second-order valence-corrected chi connectivity index (χ2v) is 19.2. The topological polar surface area (TPSA) is 52.6 Å². The predicted molar refractivity (Wildman–Crippen MR) is 139 cm³/mol. The van der Waals surface area contributed by atoms with E-state index in [1.54, 1.807) is 13.8 Å². The molecule has 0 aromatic carbocycles. The molecule has 0 radical (unpaired) electrons. The fourth-order valence-electron chi connectivity index (χ4n) is 8.86. The zero-order valence-corrected chi connectivity index (χ0v) is 24.3. The fourth-order valence-corrected chi connectivity index (χ4v) is 10.3. The summed E-state index contributed by atoms with van der Waals surface area (Å²) in [5.41, 5.74) is 0.349. The number of Topliss-reactive ketones (excluding diaryl/α,β-unsaturated/α-hetero) is 1. The van der Waals surface area contributed by atoms with E-state index in [0.717, 1.165) is 38.5 Å². The zero-order chi connectivity index (χ0) is 25.3. The van der Waals surface area contributed by atoms with Gasteiger partial charge in [0, 0.05) is 24.9 Å². The highest BCUT2D eigenvalue weighted by molar-refractivity contribution is 6.74. The van der Waals surface area contributed by atoms with Crippen LogP contribution in [0.4, 0.5) is 0 Å². The van der Waals surface area contributed by atoms with Crippen molar-refractivity contribution >= 4 is 20.1 Å². The van der Waals surface area contributed by atoms with Crippen LogP contribution in [-0.4, -0.2) is 32.3 Å². The normalized spacial score (nSPS) is 44.6. The lowest BCUT2D eigenvalue weighted by atomic mass is 9.44. The predicted octanol–water partition coefficient (Wildman–Crippen LogP) is 7.17. The van der Waals surface area contributed by atoms with E-state index >= 15 is 0 Å². The Hall–Kier alpha value is -0.683. The molecular weight excluding hydrogens is 440 g/mol. The lowest BCUT2D eigenvalue weighted by Gasteiger charge is -2.63. The monoisotopic (exact) mass is 490 g/mol. The van der Waals surface area contributed by atoms with E-state index in [1.165, 1.54) is 12.8 Å². The molecule has 0 saturated heterocycles. The van der Waals surface area contributed by atoms with Crippen molar-refractivity contribution in [2.75, 3.05) is 0 Å². The average Bonchev–Trinajstić information content (AvgIpc) is 3.05. The summed E-state index contributed by atoms with van der Waals surface area (Å²) in [6.07, 6.45) is 9.17. The van der Waals surface area contributed by atoms with Gasteiger partial charge in [-0.2, -0.15) is 0 Å². The summed E-state index contributed by atoms with van der Waals surface area (Å²) in [6, 6.07) is 0. The van der Waals surface area contributed by atoms with Crippen LogP contribution in [0.25, 0.3) is 0 Å². The largest absolute Gasteiger partial charge is 0.462 e. The third kappa shape index (κ3) is 4.25. The van der Waals surface area contributed by atoms with Gasteiger partial charge >= 0.3 is 5.97 Å². The Labute approximate surface area is 209 Å². The highest BCUT2D eigenvalue weighted by Gasteiger charge is 2.64. The molecular formula is C29H50O4Si. The minimum absolute atomic E-state index is 0.0115. The van der Waals surface area contributed by atoms with Gasteiger partial charge in [0.1, 0.15) is 11.9 Å². The highest BCUT2D eigenvalue weighted by Crippen LogP contribution is 2.68. The van der Waals surface area contributed by atoms with Crippen molar-refractivity contribution < 1.29 is 18.8 Å². The summed E-state index contributed by atoms with van der Waals surface area (Å²) in [6.45, 7) is 20.0. The van der Waals surface area contributed by atoms with Gasteiger partial charge in [0.2, 0.25) is 0 Å². The number of hydrogen-bond donors (Lipinski definition) is 0. The van der Waals surface area contributed by atoms with Crippen LogP contribution < -0.4 is 0 Å². The van der Waals surface area contributed by atoms with Crippen LogP contribution in [0, 0.1) is 40.4 Å². The van der Waals surface area contributed by atoms with E-state index in [9.17, 15) is 9.59 Å². The Morgan fingerprint density at radius 3 is 2.09 bits per heavy atom. The SMILES string of the molecule is CC(=O)O[C@@H]1C[C@H]2C[C@H](O[Si](C)(C)C(C)(C)C)CC[C@]2(C)C2CC[C@]3(C)C(C(C)=O)CCC3C21. The van der Waals surface area contributed by atoms with Crippen LogP contribution in [0.2, 0.25) is 18.1 Å². The molecule has 5 heteroatoms. The van der Waals surface area contributed by atoms with Crippen molar-refractivity contribution in [3.63, 3.8) is 0 Å². The highest BCUT2D eigenvalue weighted by atomic mass is 28.4. The minimum Gasteiger partial charge on any atom is -0.462 e. The molecule has 194 valence electrons. The van der Waals surface area contributed by atoms with Gasteiger partial charge in [-0.3, -0.25) is 9.59 Å². The van der Waals surface area contributed by atoms with Gasteiger partial charge in [-0.15, -0.1) is 0 Å². The molecule has 0 aromatic rings. The van der Waals surface area contributed by atoms with Crippen LogP contribution in [0.15, 0.2) is 0 Å². The number of carbonyl (C=O) groups is 2. The molecule has 4 saturated carbocycles. The second kappa shape index (κ2) is 8.71. The third-order valence-electron chi connectivity index (χ3n) is 11.7. The maximum Gasteiger partial charge on any atom is 0.302 e. The first-order valence-corrected chi connectivity index (χ1v) is 16.9. The molecule has 4 unspecified atom stereocenters. The Morgan fingerprint density at radius 1 is 0.882 bits per heavy atom. The van der Waals surface area contributed by atoms with Crippen molar-refractivity contribution in [3.8, 4) is 0 Å². The van der Waals surface area contributed by atoms with E-state index in [-0.39, 0.29) is 33.9 Å². The van der Waals surface area contributed by atoms with Gasteiger partial charge in [-0.1, -0.05) is 34.6 Å². The first-order chi connectivity index (χ1) is 15.6. The van der Waals surface area contributed by atoms with Crippen molar-refractivity contribution in [2.24, 2.45) is 40.4 Å². The third-order valence-corrected chi connectivity index (χ3v) is 16.2. The molecule has 4 aliphatic carbocycles. The molecule has 4 aliphatic rings. The van der Waals surface area contributed by atoms with Gasteiger partial charge in [0.05, 0.1) is 0 Å². The molecule has 9 atom stereocenters. The fraction of sp³-hybridized carbons (Fsp3) is 0.931. The number of ether oxygens (including phenoxy) is 1. The van der Waals surface area contributed by atoms with Crippen LogP contribution in [0.3, 0.4) is 0 Å². The molecule has 0 spiro atoms. The van der Waals surface area contributed by atoms with E-state index in [2.05, 4.69) is 47.7 Å². The molecule has 0 amide bonds. The summed E-state index contributed by atoms with van der Waals surface area (Å²) in [5, 5.41) is 0.217. The molecule has 0 N–H and O–H groups in total. The van der Waals surface area contributed by atoms with Crippen molar-refractivity contribution in [2.45, 2.75) is 130 Å². The Morgan fingerprint density at radius 2 is 1.50 bits per heavy atom. The van der Waals surface area contributed by atoms with Crippen LogP contribution in [-0.2, 0) is 18.8 Å². The first-order valence-electron chi connectivity index (χ1n) is 14.0. The number of esters is 1. The number of hydrogen-bond acceptors (Lipinski definition) is 4. The smallest absolute Gasteiger partial charge is 0.302 e. The van der Waals surface area contributed by atoms with Crippen LogP contribution in [0.1, 0.15) is 99.8 Å². The van der Waals surface area contributed by atoms with Crippen molar-refractivity contribution in [1.29, 1.82) is 0 Å². The maximum atomic E-state index is 12.5. The molecule has 4 fully saturated rings. The molecule has 0 bridgehead atoms. The summed E-state index contributed by atoms with van der Waals surface area (Å²) in [4.78, 5) is 24.8. The van der Waals surface area contributed by atoms with Crippen molar-refractivity contribution in [1.82, 2.24) is 0 Å². The van der Waals surface area contributed by atoms with E-state index in [0.29, 0.717) is 35.6 Å². The van der Waals surface area contributed by atoms with Crippen molar-refractivity contribution in [3.05, 3.63) is 0 Å². The van der Waals surface area contributed by atoms with Gasteiger partial charge < -0.3 is 9.16 Å². The average molecular weight is 491 g/mol. The standard InChI is InChI=1S/C29H50O4Si/c1-18(30)22-10-11-23-26-24(13-15-29(22,23)7)28(6)14-12-21(33-34(8,9)27(3,4)5)16-20(28)17-25(26)32-19(2)31/h20-26H,10-17H2,1-9H3/t20-,21-,22?,23?,24?,25-,26?,28+,29-/m1/s1. The second-order valence-electron chi connectivity index (χ2n) is 14.4. The summed E-state index contributed by atoms with van der Waals surface area (Å²) < 4.78 is 13.0. The number of rotatable bonds is 4. The van der Waals surface area contributed by atoms with E-state index < -0.39 is 8.32 Å². The molecule has 4 nitrogen and oxygen atoms in total. The number of ketones is 1. The molecule has 0 aromatic heterocycles. The first kappa shape index (κ1) is 26.4. The minimum atomic E-state index is -1.81. The number of fused-ring (bicyclic) bond motifs is 5. The van der Waals surface area contributed by atoms with E-state index in [1.807, 2.05) is 0 Å². The molecule has 4 rings (SSSR count). The van der Waals surface area contributed by atoms with Crippen LogP contribution >= 0.6 is 0 Å². The summed E-state index contributed by atoms with van der Waals surface area (Å²) in [7, 11) is -1.81. The Kier molecular flexibility index (Phi) is 6.76. The number of carbonyl (C=O) groups excluding carboxylic acids is 2.